The van der Waals surface area contributed by atoms with Crippen molar-refractivity contribution in [3.8, 4) is 5.75 Å². The first kappa shape index (κ1) is 15.8. The molecule has 1 aliphatic heterocycles. The van der Waals surface area contributed by atoms with Crippen LogP contribution in [0.1, 0.15) is 23.2 Å². The predicted molar refractivity (Wildman–Crippen MR) is 81.3 cm³/mol. The minimum absolute atomic E-state index is 0.0308. The molecule has 1 amide bonds. The van der Waals surface area contributed by atoms with Gasteiger partial charge in [-0.05, 0) is 37.0 Å². The van der Waals surface area contributed by atoms with Gasteiger partial charge >= 0.3 is 0 Å². The number of piperidine rings is 1. The molecule has 0 aliphatic carbocycles. The zero-order chi connectivity index (χ0) is 15.5. The molecule has 0 radical (unpaired) electrons. The van der Waals surface area contributed by atoms with Crippen LogP contribution in [0.15, 0.2) is 24.3 Å². The lowest BCUT2D eigenvalue weighted by Gasteiger charge is -2.32. The van der Waals surface area contributed by atoms with Gasteiger partial charge in [-0.1, -0.05) is 6.07 Å². The highest BCUT2D eigenvalue weighted by Gasteiger charge is 2.26. The summed E-state index contributed by atoms with van der Waals surface area (Å²) in [5.74, 6) is 0.760. The van der Waals surface area contributed by atoms with E-state index in [0.29, 0.717) is 24.4 Å². The van der Waals surface area contributed by atoms with E-state index in [1.54, 1.807) is 36.3 Å². The van der Waals surface area contributed by atoms with Gasteiger partial charge in [0.1, 0.15) is 15.6 Å². The Morgan fingerprint density at radius 1 is 1.43 bits per heavy atom. The normalized spacial score (nSPS) is 19.3. The molecule has 2 rings (SSSR count). The SMILES string of the molecule is COc1cccc(C(=O)N2CCCC(CS(C)(=O)=O)C2)c1. The number of hydrogen-bond donors (Lipinski definition) is 0. The van der Waals surface area contributed by atoms with Gasteiger partial charge in [-0.25, -0.2) is 8.42 Å². The quantitative estimate of drug-likeness (QED) is 0.847. The summed E-state index contributed by atoms with van der Waals surface area (Å²) in [7, 11) is -1.44. The molecule has 5 nitrogen and oxygen atoms in total. The van der Waals surface area contributed by atoms with Gasteiger partial charge < -0.3 is 9.64 Å². The van der Waals surface area contributed by atoms with Crippen LogP contribution in [0.3, 0.4) is 0 Å². The van der Waals surface area contributed by atoms with Crippen molar-refractivity contribution >= 4 is 15.7 Å². The highest BCUT2D eigenvalue weighted by Crippen LogP contribution is 2.21. The van der Waals surface area contributed by atoms with Crippen LogP contribution in [-0.4, -0.2) is 51.4 Å². The number of hydrogen-bond acceptors (Lipinski definition) is 4. The number of carbonyl (C=O) groups is 1. The first-order valence-electron chi connectivity index (χ1n) is 7.00. The van der Waals surface area contributed by atoms with Gasteiger partial charge in [-0.2, -0.15) is 0 Å². The van der Waals surface area contributed by atoms with Crippen LogP contribution in [0.25, 0.3) is 0 Å². The molecule has 116 valence electrons. The molecule has 1 heterocycles. The monoisotopic (exact) mass is 311 g/mol. The summed E-state index contributed by atoms with van der Waals surface area (Å²) in [6.45, 7) is 1.18. The number of sulfone groups is 1. The summed E-state index contributed by atoms with van der Waals surface area (Å²) in [5.41, 5.74) is 0.578. The zero-order valence-corrected chi connectivity index (χ0v) is 13.2. The van der Waals surface area contributed by atoms with Crippen LogP contribution in [-0.2, 0) is 9.84 Å². The van der Waals surface area contributed by atoms with Gasteiger partial charge in [0.25, 0.3) is 5.91 Å². The van der Waals surface area contributed by atoms with Crippen molar-refractivity contribution in [3.05, 3.63) is 29.8 Å². The minimum Gasteiger partial charge on any atom is -0.497 e. The molecule has 1 atom stereocenters. The van der Waals surface area contributed by atoms with Gasteiger partial charge in [0.05, 0.1) is 12.9 Å². The average Bonchev–Trinajstić information content (AvgIpc) is 2.45. The summed E-state index contributed by atoms with van der Waals surface area (Å²) in [4.78, 5) is 14.2. The molecule has 6 heteroatoms. The molecule has 1 saturated heterocycles. The van der Waals surface area contributed by atoms with Gasteiger partial charge in [0, 0.05) is 24.9 Å². The number of carbonyl (C=O) groups excluding carboxylic acids is 1. The Labute approximate surface area is 125 Å². The molecule has 1 fully saturated rings. The van der Waals surface area contributed by atoms with Crippen molar-refractivity contribution < 1.29 is 17.9 Å². The summed E-state index contributed by atoms with van der Waals surface area (Å²) >= 11 is 0. The molecule has 0 spiro atoms. The van der Waals surface area contributed by atoms with Crippen molar-refractivity contribution in [2.45, 2.75) is 12.8 Å². The van der Waals surface area contributed by atoms with E-state index in [1.807, 2.05) is 0 Å². The number of rotatable bonds is 4. The molecular weight excluding hydrogens is 290 g/mol. The van der Waals surface area contributed by atoms with E-state index in [2.05, 4.69) is 0 Å². The topological polar surface area (TPSA) is 63.7 Å². The first-order chi connectivity index (χ1) is 9.89. The van der Waals surface area contributed by atoms with Gasteiger partial charge in [0.2, 0.25) is 0 Å². The minimum atomic E-state index is -3.01. The van der Waals surface area contributed by atoms with Crippen molar-refractivity contribution in [2.24, 2.45) is 5.92 Å². The molecule has 1 unspecified atom stereocenters. The number of amides is 1. The Kier molecular flexibility index (Phi) is 4.88. The van der Waals surface area contributed by atoms with E-state index in [4.69, 9.17) is 4.74 Å². The Hall–Kier alpha value is -1.56. The molecule has 0 bridgehead atoms. The highest BCUT2D eigenvalue weighted by atomic mass is 32.2. The number of nitrogens with zero attached hydrogens (tertiary/aromatic N) is 1. The largest absolute Gasteiger partial charge is 0.497 e. The van der Waals surface area contributed by atoms with E-state index >= 15 is 0 Å². The Bertz CT molecular complexity index is 612. The van der Waals surface area contributed by atoms with Crippen LogP contribution < -0.4 is 4.74 Å². The fraction of sp³-hybridized carbons (Fsp3) is 0.533. The van der Waals surface area contributed by atoms with Crippen LogP contribution in [0.5, 0.6) is 5.75 Å². The molecule has 0 N–H and O–H groups in total. The van der Waals surface area contributed by atoms with E-state index < -0.39 is 9.84 Å². The average molecular weight is 311 g/mol. The van der Waals surface area contributed by atoms with Crippen LogP contribution >= 0.6 is 0 Å². The summed E-state index contributed by atoms with van der Waals surface area (Å²) in [6.07, 6.45) is 2.95. The van der Waals surface area contributed by atoms with Gasteiger partial charge in [0.15, 0.2) is 0 Å². The van der Waals surface area contributed by atoms with Gasteiger partial charge in [-0.15, -0.1) is 0 Å². The number of methoxy groups -OCH3 is 1. The van der Waals surface area contributed by atoms with E-state index in [1.165, 1.54) is 6.26 Å². The van der Waals surface area contributed by atoms with Gasteiger partial charge in [-0.3, -0.25) is 4.79 Å². The second kappa shape index (κ2) is 6.47. The standard InChI is InChI=1S/C15H21NO4S/c1-20-14-7-3-6-13(9-14)15(17)16-8-4-5-12(10-16)11-21(2,18)19/h3,6-7,9,12H,4-5,8,10-11H2,1-2H3. The van der Waals surface area contributed by atoms with Crippen LogP contribution in [0.2, 0.25) is 0 Å². The van der Waals surface area contributed by atoms with E-state index in [-0.39, 0.29) is 17.6 Å². The van der Waals surface area contributed by atoms with E-state index in [9.17, 15) is 13.2 Å². The van der Waals surface area contributed by atoms with Crippen LogP contribution in [0, 0.1) is 5.92 Å². The van der Waals surface area contributed by atoms with Crippen molar-refractivity contribution in [3.63, 3.8) is 0 Å². The fourth-order valence-electron chi connectivity index (χ4n) is 2.75. The third-order valence-electron chi connectivity index (χ3n) is 3.66. The highest BCUT2D eigenvalue weighted by molar-refractivity contribution is 7.90. The second-order valence-electron chi connectivity index (χ2n) is 5.58. The molecule has 0 aromatic heterocycles. The molecular formula is C15H21NO4S. The summed E-state index contributed by atoms with van der Waals surface area (Å²) in [6, 6.07) is 7.04. The predicted octanol–water partition coefficient (Wildman–Crippen LogP) is 1.59. The Balaban J connectivity index is 2.08. The maximum atomic E-state index is 12.5. The maximum absolute atomic E-state index is 12.5. The molecule has 21 heavy (non-hydrogen) atoms. The Morgan fingerprint density at radius 3 is 2.86 bits per heavy atom. The second-order valence-corrected chi connectivity index (χ2v) is 7.77. The molecule has 1 aromatic carbocycles. The zero-order valence-electron chi connectivity index (χ0n) is 12.4. The molecule has 0 saturated carbocycles. The van der Waals surface area contributed by atoms with Crippen molar-refractivity contribution in [1.29, 1.82) is 0 Å². The molecule has 1 aliphatic rings. The van der Waals surface area contributed by atoms with Crippen molar-refractivity contribution in [1.82, 2.24) is 4.90 Å². The smallest absolute Gasteiger partial charge is 0.253 e. The number of likely N-dealkylation sites (tertiary alicyclic amines) is 1. The maximum Gasteiger partial charge on any atom is 0.253 e. The summed E-state index contributed by atoms with van der Waals surface area (Å²) in [5, 5.41) is 0. The first-order valence-corrected chi connectivity index (χ1v) is 9.06. The van der Waals surface area contributed by atoms with Crippen molar-refractivity contribution in [2.75, 3.05) is 32.2 Å². The van der Waals surface area contributed by atoms with E-state index in [0.717, 1.165) is 12.8 Å². The molecule has 1 aromatic rings. The lowest BCUT2D eigenvalue weighted by atomic mass is 9.99. The lowest BCUT2D eigenvalue weighted by molar-refractivity contribution is 0.0684. The fourth-order valence-corrected chi connectivity index (χ4v) is 3.88. The third kappa shape index (κ3) is 4.46. The Morgan fingerprint density at radius 2 is 2.19 bits per heavy atom. The number of ether oxygens (including phenoxy) is 1. The lowest BCUT2D eigenvalue weighted by Crippen LogP contribution is -2.41. The van der Waals surface area contributed by atoms with Crippen LogP contribution in [0.4, 0.5) is 0 Å². The number of benzene rings is 1. The summed E-state index contributed by atoms with van der Waals surface area (Å²) < 4.78 is 27.9. The third-order valence-corrected chi connectivity index (χ3v) is 4.74.